The number of nitrogens with zero attached hydrogens (tertiary/aromatic N) is 3. The molecule has 1 fully saturated rings. The highest BCUT2D eigenvalue weighted by Gasteiger charge is 2.22. The van der Waals surface area contributed by atoms with E-state index < -0.39 is 0 Å². The van der Waals surface area contributed by atoms with Crippen molar-refractivity contribution in [2.24, 2.45) is 11.7 Å². The molecule has 98 valence electrons. The van der Waals surface area contributed by atoms with Crippen molar-refractivity contribution in [1.82, 2.24) is 9.97 Å². The second-order valence-electron chi connectivity index (χ2n) is 4.84. The van der Waals surface area contributed by atoms with Crippen LogP contribution in [0.4, 0.5) is 11.8 Å². The van der Waals surface area contributed by atoms with Gasteiger partial charge in [0.15, 0.2) is 0 Å². The third-order valence-electron chi connectivity index (χ3n) is 3.37. The maximum absolute atomic E-state index is 10.9. The lowest BCUT2D eigenvalue weighted by molar-refractivity contribution is -0.119. The van der Waals surface area contributed by atoms with Crippen LogP contribution < -0.4 is 16.4 Å². The van der Waals surface area contributed by atoms with E-state index in [4.69, 9.17) is 11.5 Å². The normalized spacial score (nSPS) is 16.8. The second kappa shape index (κ2) is 5.20. The molecule has 1 aliphatic rings. The molecule has 0 aromatic carbocycles. The summed E-state index contributed by atoms with van der Waals surface area (Å²) in [6.45, 7) is 3.74. The van der Waals surface area contributed by atoms with Crippen molar-refractivity contribution < 1.29 is 4.79 Å². The maximum Gasteiger partial charge on any atom is 0.221 e. The Labute approximate surface area is 106 Å². The number of carbonyl (C=O) groups is 1. The number of amides is 1. The van der Waals surface area contributed by atoms with Crippen LogP contribution in [0.15, 0.2) is 6.20 Å². The van der Waals surface area contributed by atoms with Crippen LogP contribution in [-0.4, -0.2) is 29.0 Å². The summed E-state index contributed by atoms with van der Waals surface area (Å²) in [7, 11) is 0. The molecular weight excluding hydrogens is 230 g/mol. The van der Waals surface area contributed by atoms with Crippen molar-refractivity contribution in [2.75, 3.05) is 23.7 Å². The molecule has 0 atom stereocenters. The average Bonchev–Trinajstić information content (AvgIpc) is 2.33. The van der Waals surface area contributed by atoms with Gasteiger partial charge in [0, 0.05) is 31.3 Å². The lowest BCUT2D eigenvalue weighted by Crippen LogP contribution is -2.36. The molecular formula is C12H19N5O. The fourth-order valence-corrected chi connectivity index (χ4v) is 2.40. The van der Waals surface area contributed by atoms with Gasteiger partial charge in [0.25, 0.3) is 0 Å². The largest absolute Gasteiger partial charge is 0.370 e. The SMILES string of the molecule is Cc1cnc(N)nc1N1CCC(CC(N)=O)CC1. The number of rotatable bonds is 3. The number of piperidine rings is 1. The van der Waals surface area contributed by atoms with E-state index in [1.807, 2.05) is 6.92 Å². The Kier molecular flexibility index (Phi) is 3.64. The van der Waals surface area contributed by atoms with Crippen LogP contribution >= 0.6 is 0 Å². The Morgan fingerprint density at radius 3 is 2.78 bits per heavy atom. The maximum atomic E-state index is 10.9. The summed E-state index contributed by atoms with van der Waals surface area (Å²) >= 11 is 0. The van der Waals surface area contributed by atoms with Crippen LogP contribution in [-0.2, 0) is 4.79 Å². The number of nitrogens with two attached hydrogens (primary N) is 2. The number of aromatic nitrogens is 2. The quantitative estimate of drug-likeness (QED) is 0.811. The Bertz CT molecular complexity index is 440. The molecule has 1 aromatic rings. The van der Waals surface area contributed by atoms with Crippen LogP contribution in [0.1, 0.15) is 24.8 Å². The first-order valence-corrected chi connectivity index (χ1v) is 6.18. The first-order valence-electron chi connectivity index (χ1n) is 6.18. The van der Waals surface area contributed by atoms with Crippen LogP contribution in [0.25, 0.3) is 0 Å². The first-order chi connectivity index (χ1) is 8.56. The molecule has 1 aliphatic heterocycles. The van der Waals surface area contributed by atoms with Crippen LogP contribution in [0.2, 0.25) is 0 Å². The summed E-state index contributed by atoms with van der Waals surface area (Å²) in [6.07, 6.45) is 4.16. The fraction of sp³-hybridized carbons (Fsp3) is 0.583. The van der Waals surface area contributed by atoms with Crippen molar-refractivity contribution in [3.8, 4) is 0 Å². The summed E-state index contributed by atoms with van der Waals surface area (Å²) in [5.41, 5.74) is 11.9. The molecule has 18 heavy (non-hydrogen) atoms. The molecule has 1 amide bonds. The number of hydrogen-bond donors (Lipinski definition) is 2. The minimum absolute atomic E-state index is 0.212. The Morgan fingerprint density at radius 2 is 2.17 bits per heavy atom. The summed E-state index contributed by atoms with van der Waals surface area (Å²) in [6, 6.07) is 0. The van der Waals surface area contributed by atoms with Gasteiger partial charge in [-0.3, -0.25) is 4.79 Å². The van der Waals surface area contributed by atoms with E-state index in [0.717, 1.165) is 37.3 Å². The van der Waals surface area contributed by atoms with Gasteiger partial charge in [-0.25, -0.2) is 4.98 Å². The molecule has 4 N–H and O–H groups in total. The second-order valence-corrected chi connectivity index (χ2v) is 4.84. The molecule has 1 aromatic heterocycles. The molecule has 2 heterocycles. The summed E-state index contributed by atoms with van der Waals surface area (Å²) in [5.74, 6) is 1.39. The number of nitrogen functional groups attached to an aromatic ring is 1. The van der Waals surface area contributed by atoms with Gasteiger partial charge in [-0.05, 0) is 25.7 Å². The Morgan fingerprint density at radius 1 is 1.50 bits per heavy atom. The summed E-state index contributed by atoms with van der Waals surface area (Å²) < 4.78 is 0. The third kappa shape index (κ3) is 2.88. The molecule has 0 saturated carbocycles. The van der Waals surface area contributed by atoms with Gasteiger partial charge in [0.1, 0.15) is 5.82 Å². The highest BCUT2D eigenvalue weighted by Crippen LogP contribution is 2.25. The predicted octanol–water partition coefficient (Wildman–Crippen LogP) is 0.459. The Hall–Kier alpha value is -1.85. The molecule has 0 radical (unpaired) electrons. The van der Waals surface area contributed by atoms with Gasteiger partial charge in [0.2, 0.25) is 11.9 Å². The minimum Gasteiger partial charge on any atom is -0.370 e. The lowest BCUT2D eigenvalue weighted by Gasteiger charge is -2.33. The topological polar surface area (TPSA) is 98.1 Å². The lowest BCUT2D eigenvalue weighted by atomic mass is 9.93. The van der Waals surface area contributed by atoms with E-state index in [9.17, 15) is 4.79 Å². The average molecular weight is 249 g/mol. The van der Waals surface area contributed by atoms with Gasteiger partial charge < -0.3 is 16.4 Å². The minimum atomic E-state index is -0.212. The van der Waals surface area contributed by atoms with Gasteiger partial charge in [-0.15, -0.1) is 0 Å². The molecule has 6 nitrogen and oxygen atoms in total. The molecule has 0 bridgehead atoms. The number of carbonyl (C=O) groups excluding carboxylic acids is 1. The molecule has 6 heteroatoms. The van der Waals surface area contributed by atoms with Gasteiger partial charge in [-0.2, -0.15) is 4.98 Å². The van der Waals surface area contributed by atoms with E-state index >= 15 is 0 Å². The van der Waals surface area contributed by atoms with Gasteiger partial charge in [-0.1, -0.05) is 0 Å². The van der Waals surface area contributed by atoms with E-state index in [1.54, 1.807) is 6.20 Å². The number of anilines is 2. The predicted molar refractivity (Wildman–Crippen MR) is 69.9 cm³/mol. The number of aryl methyl sites for hydroxylation is 1. The van der Waals surface area contributed by atoms with E-state index in [2.05, 4.69) is 14.9 Å². The zero-order valence-electron chi connectivity index (χ0n) is 10.6. The highest BCUT2D eigenvalue weighted by atomic mass is 16.1. The molecule has 0 aliphatic carbocycles. The van der Waals surface area contributed by atoms with Crippen molar-refractivity contribution in [3.05, 3.63) is 11.8 Å². The first kappa shape index (κ1) is 12.6. The van der Waals surface area contributed by atoms with E-state index in [-0.39, 0.29) is 5.91 Å². The number of primary amides is 1. The number of hydrogen-bond acceptors (Lipinski definition) is 5. The third-order valence-corrected chi connectivity index (χ3v) is 3.37. The zero-order chi connectivity index (χ0) is 13.1. The standard InChI is InChI=1S/C12H19N5O/c1-8-7-15-12(14)16-11(8)17-4-2-9(3-5-17)6-10(13)18/h7,9H,2-6H2,1H3,(H2,13,18)(H2,14,15,16). The van der Waals surface area contributed by atoms with Crippen LogP contribution in [0.3, 0.4) is 0 Å². The molecule has 0 unspecified atom stereocenters. The van der Waals surface area contributed by atoms with Gasteiger partial charge in [0.05, 0.1) is 0 Å². The molecule has 0 spiro atoms. The van der Waals surface area contributed by atoms with Crippen molar-refractivity contribution in [1.29, 1.82) is 0 Å². The van der Waals surface area contributed by atoms with E-state index in [1.165, 1.54) is 0 Å². The van der Waals surface area contributed by atoms with Gasteiger partial charge >= 0.3 is 0 Å². The highest BCUT2D eigenvalue weighted by molar-refractivity contribution is 5.74. The fourth-order valence-electron chi connectivity index (χ4n) is 2.40. The zero-order valence-corrected chi connectivity index (χ0v) is 10.6. The molecule has 1 saturated heterocycles. The van der Waals surface area contributed by atoms with Crippen LogP contribution in [0, 0.1) is 12.8 Å². The monoisotopic (exact) mass is 249 g/mol. The Balaban J connectivity index is 2.01. The van der Waals surface area contributed by atoms with Crippen molar-refractivity contribution in [3.63, 3.8) is 0 Å². The van der Waals surface area contributed by atoms with E-state index in [0.29, 0.717) is 18.3 Å². The summed E-state index contributed by atoms with van der Waals surface area (Å²) in [4.78, 5) is 21.3. The van der Waals surface area contributed by atoms with Crippen molar-refractivity contribution in [2.45, 2.75) is 26.2 Å². The van der Waals surface area contributed by atoms with Crippen molar-refractivity contribution >= 4 is 17.7 Å². The summed E-state index contributed by atoms with van der Waals surface area (Å²) in [5, 5.41) is 0. The molecule has 2 rings (SSSR count). The smallest absolute Gasteiger partial charge is 0.221 e. The van der Waals surface area contributed by atoms with Crippen LogP contribution in [0.5, 0.6) is 0 Å².